The Morgan fingerprint density at radius 1 is 1.40 bits per heavy atom. The Bertz CT molecular complexity index is 198. The second-order valence-corrected chi connectivity index (χ2v) is 3.03. The first-order valence-electron chi connectivity index (χ1n) is 3.37. The number of benzene rings is 1. The molecule has 0 nitrogen and oxygen atoms in total. The van der Waals surface area contributed by atoms with Gasteiger partial charge in [0.15, 0.2) is 0 Å². The van der Waals surface area contributed by atoms with Crippen LogP contribution in [0.15, 0.2) is 18.2 Å². The Morgan fingerprint density at radius 2 is 2.10 bits per heavy atom. The normalized spacial score (nSPS) is 10.4. The Hall–Kier alpha value is -0.490. The smallest absolute Gasteiger partial charge is 0.0485 e. The van der Waals surface area contributed by atoms with E-state index in [1.54, 1.807) is 0 Å². The van der Waals surface area contributed by atoms with Crippen molar-refractivity contribution in [2.45, 2.75) is 19.8 Å². The standard InChI is InChI=1S/C9H10Cl/c1-7(2)8-3-5-9(10)6-4-8/h3-5,7H,1-2H3. The summed E-state index contributed by atoms with van der Waals surface area (Å²) in [6, 6.07) is 8.79. The van der Waals surface area contributed by atoms with E-state index in [4.69, 9.17) is 11.6 Å². The molecule has 10 heavy (non-hydrogen) atoms. The molecule has 0 heterocycles. The van der Waals surface area contributed by atoms with Gasteiger partial charge in [-0.05, 0) is 23.6 Å². The van der Waals surface area contributed by atoms with E-state index in [1.807, 2.05) is 18.2 Å². The predicted molar refractivity (Wildman–Crippen MR) is 44.4 cm³/mol. The van der Waals surface area contributed by atoms with Crippen LogP contribution >= 0.6 is 11.6 Å². The lowest BCUT2D eigenvalue weighted by atomic mass is 10.0. The van der Waals surface area contributed by atoms with Gasteiger partial charge in [-0.15, -0.1) is 0 Å². The van der Waals surface area contributed by atoms with Crippen molar-refractivity contribution < 1.29 is 0 Å². The molecule has 1 aromatic carbocycles. The van der Waals surface area contributed by atoms with Crippen LogP contribution in [0.2, 0.25) is 5.02 Å². The first-order chi connectivity index (χ1) is 4.70. The lowest BCUT2D eigenvalue weighted by molar-refractivity contribution is 0.866. The first kappa shape index (κ1) is 7.62. The van der Waals surface area contributed by atoms with E-state index in [0.717, 1.165) is 0 Å². The van der Waals surface area contributed by atoms with E-state index in [9.17, 15) is 0 Å². The van der Waals surface area contributed by atoms with Crippen LogP contribution in [0.3, 0.4) is 0 Å². The maximum absolute atomic E-state index is 5.66. The summed E-state index contributed by atoms with van der Waals surface area (Å²) in [5, 5.41) is 0.685. The largest absolute Gasteiger partial charge is 0.0837 e. The molecule has 0 saturated heterocycles. The minimum absolute atomic E-state index is 0.563. The van der Waals surface area contributed by atoms with Gasteiger partial charge in [-0.1, -0.05) is 31.5 Å². The van der Waals surface area contributed by atoms with Crippen molar-refractivity contribution in [1.82, 2.24) is 0 Å². The third kappa shape index (κ3) is 1.74. The molecule has 1 heteroatoms. The minimum Gasteiger partial charge on any atom is -0.0837 e. The molecule has 1 aromatic rings. The second-order valence-electron chi connectivity index (χ2n) is 2.62. The van der Waals surface area contributed by atoms with E-state index in [-0.39, 0.29) is 0 Å². The molecule has 0 unspecified atom stereocenters. The topological polar surface area (TPSA) is 0 Å². The molecule has 1 rings (SSSR count). The van der Waals surface area contributed by atoms with Crippen molar-refractivity contribution in [1.29, 1.82) is 0 Å². The second kappa shape index (κ2) is 3.07. The summed E-state index contributed by atoms with van der Waals surface area (Å²) in [4.78, 5) is 0. The summed E-state index contributed by atoms with van der Waals surface area (Å²) in [6.07, 6.45) is 0. The summed E-state index contributed by atoms with van der Waals surface area (Å²) in [7, 11) is 0. The first-order valence-corrected chi connectivity index (χ1v) is 3.75. The molecule has 53 valence electrons. The van der Waals surface area contributed by atoms with E-state index in [1.165, 1.54) is 5.56 Å². The molecule has 0 N–H and O–H groups in total. The molecule has 0 bridgehead atoms. The van der Waals surface area contributed by atoms with Gasteiger partial charge in [0.2, 0.25) is 0 Å². The third-order valence-corrected chi connectivity index (χ3v) is 1.70. The molecule has 0 aliphatic heterocycles. The highest BCUT2D eigenvalue weighted by molar-refractivity contribution is 6.30. The Kier molecular flexibility index (Phi) is 2.34. The molecule has 0 fully saturated rings. The van der Waals surface area contributed by atoms with Gasteiger partial charge in [-0.25, -0.2) is 0 Å². The highest BCUT2D eigenvalue weighted by Crippen LogP contribution is 2.16. The minimum atomic E-state index is 0.563. The van der Waals surface area contributed by atoms with Gasteiger partial charge in [-0.2, -0.15) is 0 Å². The van der Waals surface area contributed by atoms with Gasteiger partial charge in [0.25, 0.3) is 0 Å². The highest BCUT2D eigenvalue weighted by atomic mass is 35.5. The lowest BCUT2D eigenvalue weighted by Gasteiger charge is -2.02. The molecule has 0 atom stereocenters. The number of hydrogen-bond donors (Lipinski definition) is 0. The zero-order valence-corrected chi connectivity index (χ0v) is 6.94. The molecule has 0 aliphatic carbocycles. The maximum atomic E-state index is 5.66. The van der Waals surface area contributed by atoms with E-state index in [2.05, 4.69) is 19.9 Å². The Balaban J connectivity index is 2.89. The van der Waals surface area contributed by atoms with Crippen molar-refractivity contribution in [2.24, 2.45) is 0 Å². The van der Waals surface area contributed by atoms with Crippen molar-refractivity contribution in [2.75, 3.05) is 0 Å². The van der Waals surface area contributed by atoms with Crippen LogP contribution in [0.4, 0.5) is 0 Å². The summed E-state index contributed by atoms with van der Waals surface area (Å²) < 4.78 is 0. The number of rotatable bonds is 1. The van der Waals surface area contributed by atoms with Gasteiger partial charge in [-0.3, -0.25) is 0 Å². The van der Waals surface area contributed by atoms with Gasteiger partial charge >= 0.3 is 0 Å². The zero-order chi connectivity index (χ0) is 7.56. The maximum Gasteiger partial charge on any atom is 0.0485 e. The van der Waals surface area contributed by atoms with Crippen molar-refractivity contribution in [3.8, 4) is 0 Å². The van der Waals surface area contributed by atoms with Gasteiger partial charge in [0, 0.05) is 11.1 Å². The summed E-state index contributed by atoms with van der Waals surface area (Å²) in [5.74, 6) is 0.563. The van der Waals surface area contributed by atoms with Gasteiger partial charge in [0.05, 0.1) is 0 Å². The average molecular weight is 154 g/mol. The zero-order valence-electron chi connectivity index (χ0n) is 6.19. The number of hydrogen-bond acceptors (Lipinski definition) is 0. The molecular formula is C9H10Cl. The van der Waals surface area contributed by atoms with Crippen molar-refractivity contribution in [3.63, 3.8) is 0 Å². The monoisotopic (exact) mass is 153 g/mol. The lowest BCUT2D eigenvalue weighted by Crippen LogP contribution is -1.84. The molecule has 0 amide bonds. The molecule has 1 radical (unpaired) electrons. The van der Waals surface area contributed by atoms with Gasteiger partial charge in [0.1, 0.15) is 0 Å². The van der Waals surface area contributed by atoms with E-state index >= 15 is 0 Å². The highest BCUT2D eigenvalue weighted by Gasteiger charge is 1.96. The Labute approximate surface area is 66.8 Å². The number of halogens is 1. The molecule has 0 aliphatic rings. The SMILES string of the molecule is CC(C)c1c[c]c(Cl)cc1. The summed E-state index contributed by atoms with van der Waals surface area (Å²) in [5.41, 5.74) is 1.28. The van der Waals surface area contributed by atoms with Crippen molar-refractivity contribution in [3.05, 3.63) is 34.9 Å². The quantitative estimate of drug-likeness (QED) is 0.581. The van der Waals surface area contributed by atoms with Crippen LogP contribution in [0, 0.1) is 6.07 Å². The van der Waals surface area contributed by atoms with Crippen LogP contribution in [0.5, 0.6) is 0 Å². The molecule has 0 spiro atoms. The molecule has 0 aromatic heterocycles. The van der Waals surface area contributed by atoms with Crippen LogP contribution in [0.1, 0.15) is 25.3 Å². The molecule has 0 saturated carbocycles. The fourth-order valence-electron chi connectivity index (χ4n) is 0.777. The summed E-state index contributed by atoms with van der Waals surface area (Å²) in [6.45, 7) is 4.30. The van der Waals surface area contributed by atoms with Gasteiger partial charge < -0.3 is 0 Å². The summed E-state index contributed by atoms with van der Waals surface area (Å²) >= 11 is 5.66. The van der Waals surface area contributed by atoms with Crippen LogP contribution in [-0.2, 0) is 0 Å². The average Bonchev–Trinajstić information content (AvgIpc) is 1.88. The predicted octanol–water partition coefficient (Wildman–Crippen LogP) is 3.26. The van der Waals surface area contributed by atoms with Crippen LogP contribution in [0.25, 0.3) is 0 Å². The fourth-order valence-corrected chi connectivity index (χ4v) is 0.895. The fraction of sp³-hybridized carbons (Fsp3) is 0.333. The Morgan fingerprint density at radius 3 is 2.50 bits per heavy atom. The third-order valence-electron chi connectivity index (χ3n) is 1.47. The van der Waals surface area contributed by atoms with E-state index < -0.39 is 0 Å². The van der Waals surface area contributed by atoms with Crippen molar-refractivity contribution >= 4 is 11.6 Å². The molecular weight excluding hydrogens is 144 g/mol. The van der Waals surface area contributed by atoms with Crippen LogP contribution in [-0.4, -0.2) is 0 Å². The van der Waals surface area contributed by atoms with Crippen LogP contribution < -0.4 is 0 Å². The van der Waals surface area contributed by atoms with E-state index in [0.29, 0.717) is 10.9 Å².